The molecule has 1 amide bonds. The van der Waals surface area contributed by atoms with E-state index < -0.39 is 0 Å². The van der Waals surface area contributed by atoms with Gasteiger partial charge in [0.15, 0.2) is 5.75 Å². The average Bonchev–Trinajstić information content (AvgIpc) is 2.41. The number of nitrogens with zero attached hydrogens (tertiary/aromatic N) is 1. The van der Waals surface area contributed by atoms with Crippen LogP contribution in [0.2, 0.25) is 10.0 Å². The molecule has 1 aromatic carbocycles. The Morgan fingerprint density at radius 3 is 2.35 bits per heavy atom. The Kier molecular flexibility index (Phi) is 5.10. The summed E-state index contributed by atoms with van der Waals surface area (Å²) in [6.45, 7) is 3.67. The lowest BCUT2D eigenvalue weighted by Gasteiger charge is -2.30. The van der Waals surface area contributed by atoms with Crippen molar-refractivity contribution in [3.8, 4) is 5.75 Å². The van der Waals surface area contributed by atoms with Crippen LogP contribution < -0.4 is 15.1 Å². The number of piperazine rings is 1. The Hall–Kier alpha value is -1.01. The number of quaternary nitrogens is 1. The van der Waals surface area contributed by atoms with Crippen LogP contribution in [-0.4, -0.2) is 51.3 Å². The first-order valence-corrected chi connectivity index (χ1v) is 7.17. The second-order valence-corrected chi connectivity index (χ2v) is 5.67. The molecular formula is C13H18Cl2N3O2+. The molecule has 2 rings (SSSR count). The number of carbonyl (C=O) groups is 1. The number of hydrogen-bond donors (Lipinski definition) is 2. The van der Waals surface area contributed by atoms with E-state index in [0.717, 1.165) is 26.2 Å². The largest absolute Gasteiger partial charge is 0.494 e. The number of nitrogens with one attached hydrogen (secondary N) is 2. The summed E-state index contributed by atoms with van der Waals surface area (Å²) < 4.78 is 5.06. The van der Waals surface area contributed by atoms with Crippen LogP contribution in [0.5, 0.6) is 5.75 Å². The van der Waals surface area contributed by atoms with E-state index in [2.05, 4.69) is 12.5 Å². The molecule has 1 saturated heterocycles. The van der Waals surface area contributed by atoms with Crippen LogP contribution >= 0.6 is 23.2 Å². The summed E-state index contributed by atoms with van der Waals surface area (Å²) in [6.07, 6.45) is 0. The molecular weight excluding hydrogens is 301 g/mol. The van der Waals surface area contributed by atoms with E-state index in [0.29, 0.717) is 21.4 Å². The third-order valence-electron chi connectivity index (χ3n) is 3.34. The number of likely N-dealkylation sites (N-methyl/N-ethyl adjacent to an activating group) is 1. The van der Waals surface area contributed by atoms with Gasteiger partial charge in [0.2, 0.25) is 0 Å². The van der Waals surface area contributed by atoms with Gasteiger partial charge in [-0.25, -0.2) is 5.01 Å². The van der Waals surface area contributed by atoms with Gasteiger partial charge in [-0.15, -0.1) is 0 Å². The summed E-state index contributed by atoms with van der Waals surface area (Å²) in [5, 5.41) is 2.57. The van der Waals surface area contributed by atoms with Gasteiger partial charge in [-0.2, -0.15) is 0 Å². The van der Waals surface area contributed by atoms with E-state index >= 15 is 0 Å². The molecule has 1 aromatic rings. The van der Waals surface area contributed by atoms with Gasteiger partial charge in [0, 0.05) is 5.56 Å². The summed E-state index contributed by atoms with van der Waals surface area (Å²) in [5.41, 5.74) is 3.29. The second-order valence-electron chi connectivity index (χ2n) is 4.86. The lowest BCUT2D eigenvalue weighted by atomic mass is 10.2. The molecule has 1 aliphatic heterocycles. The van der Waals surface area contributed by atoms with E-state index in [-0.39, 0.29) is 5.91 Å². The monoisotopic (exact) mass is 318 g/mol. The van der Waals surface area contributed by atoms with Crippen LogP contribution in [0.15, 0.2) is 12.1 Å². The average molecular weight is 319 g/mol. The predicted octanol–water partition coefficient (Wildman–Crippen LogP) is 0.477. The molecule has 2 N–H and O–H groups in total. The van der Waals surface area contributed by atoms with Gasteiger partial charge in [-0.05, 0) is 12.1 Å². The molecule has 1 heterocycles. The lowest BCUT2D eigenvalue weighted by molar-refractivity contribution is -0.884. The van der Waals surface area contributed by atoms with Gasteiger partial charge in [0.05, 0.1) is 50.4 Å². The zero-order valence-corrected chi connectivity index (χ0v) is 13.0. The Morgan fingerprint density at radius 1 is 1.30 bits per heavy atom. The van der Waals surface area contributed by atoms with Gasteiger partial charge in [-0.3, -0.25) is 10.2 Å². The van der Waals surface area contributed by atoms with Crippen molar-refractivity contribution >= 4 is 29.1 Å². The minimum absolute atomic E-state index is 0.212. The zero-order chi connectivity index (χ0) is 14.7. The summed E-state index contributed by atoms with van der Waals surface area (Å²) in [6, 6.07) is 3.12. The fourth-order valence-electron chi connectivity index (χ4n) is 2.09. The summed E-state index contributed by atoms with van der Waals surface area (Å²) in [4.78, 5) is 13.6. The van der Waals surface area contributed by atoms with Gasteiger partial charge in [0.25, 0.3) is 5.91 Å². The third-order valence-corrected chi connectivity index (χ3v) is 3.90. The maximum Gasteiger partial charge on any atom is 0.265 e. The number of ether oxygens (including phenoxy) is 1. The standard InChI is InChI=1S/C13H17Cl2N3O2/c1-17-3-5-18(6-4-17)16-13(19)9-7-10(14)12(20-2)11(15)8-9/h7-8H,3-6H2,1-2H3,(H,16,19)/p+1. The SMILES string of the molecule is COc1c(Cl)cc(C(=O)NN2CC[NH+](C)CC2)cc1Cl. The molecule has 110 valence electrons. The highest BCUT2D eigenvalue weighted by molar-refractivity contribution is 6.37. The third kappa shape index (κ3) is 3.55. The van der Waals surface area contributed by atoms with E-state index in [1.165, 1.54) is 12.0 Å². The zero-order valence-electron chi connectivity index (χ0n) is 11.5. The van der Waals surface area contributed by atoms with Crippen molar-refractivity contribution in [1.29, 1.82) is 0 Å². The topological polar surface area (TPSA) is 46.0 Å². The van der Waals surface area contributed by atoms with E-state index in [1.54, 1.807) is 12.1 Å². The number of carbonyl (C=O) groups excluding carboxylic acids is 1. The first-order chi connectivity index (χ1) is 9.51. The van der Waals surface area contributed by atoms with Crippen LogP contribution in [0.1, 0.15) is 10.4 Å². The van der Waals surface area contributed by atoms with Crippen molar-refractivity contribution in [2.45, 2.75) is 0 Å². The molecule has 5 nitrogen and oxygen atoms in total. The number of rotatable bonds is 3. The van der Waals surface area contributed by atoms with Crippen LogP contribution in [0, 0.1) is 0 Å². The van der Waals surface area contributed by atoms with Crippen molar-refractivity contribution in [3.63, 3.8) is 0 Å². The molecule has 20 heavy (non-hydrogen) atoms. The van der Waals surface area contributed by atoms with E-state index in [1.807, 2.05) is 5.01 Å². The van der Waals surface area contributed by atoms with Crippen molar-refractivity contribution < 1.29 is 14.4 Å². The minimum Gasteiger partial charge on any atom is -0.494 e. The Morgan fingerprint density at radius 2 is 1.85 bits per heavy atom. The van der Waals surface area contributed by atoms with Gasteiger partial charge >= 0.3 is 0 Å². The molecule has 0 atom stereocenters. The smallest absolute Gasteiger partial charge is 0.265 e. The predicted molar refractivity (Wildman–Crippen MR) is 78.7 cm³/mol. The Bertz CT molecular complexity index is 479. The van der Waals surface area contributed by atoms with Crippen molar-refractivity contribution in [2.24, 2.45) is 0 Å². The van der Waals surface area contributed by atoms with Crippen LogP contribution in [0.25, 0.3) is 0 Å². The number of amides is 1. The summed E-state index contributed by atoms with van der Waals surface area (Å²) in [7, 11) is 3.63. The van der Waals surface area contributed by atoms with Crippen LogP contribution in [0.4, 0.5) is 0 Å². The fourth-order valence-corrected chi connectivity index (χ4v) is 2.74. The summed E-state index contributed by atoms with van der Waals surface area (Å²) >= 11 is 12.1. The molecule has 1 aliphatic rings. The maximum absolute atomic E-state index is 12.2. The molecule has 0 saturated carbocycles. The van der Waals surface area contributed by atoms with Crippen LogP contribution in [0.3, 0.4) is 0 Å². The van der Waals surface area contributed by atoms with Gasteiger partial charge < -0.3 is 9.64 Å². The molecule has 0 aromatic heterocycles. The highest BCUT2D eigenvalue weighted by Crippen LogP contribution is 2.33. The molecule has 0 bridgehead atoms. The Labute approximate surface area is 128 Å². The quantitative estimate of drug-likeness (QED) is 0.852. The number of methoxy groups -OCH3 is 1. The molecule has 0 aliphatic carbocycles. The normalized spacial score (nSPS) is 17.0. The molecule has 0 unspecified atom stereocenters. The number of benzene rings is 1. The second kappa shape index (κ2) is 6.63. The number of hydrazine groups is 1. The van der Waals surface area contributed by atoms with E-state index in [9.17, 15) is 4.79 Å². The number of hydrogen-bond acceptors (Lipinski definition) is 3. The van der Waals surface area contributed by atoms with Gasteiger partial charge in [-0.1, -0.05) is 23.2 Å². The molecule has 1 fully saturated rings. The Balaban J connectivity index is 2.06. The number of halogens is 2. The maximum atomic E-state index is 12.2. The van der Waals surface area contributed by atoms with Crippen molar-refractivity contribution in [2.75, 3.05) is 40.3 Å². The first-order valence-electron chi connectivity index (χ1n) is 6.41. The fraction of sp³-hybridized carbons (Fsp3) is 0.462. The lowest BCUT2D eigenvalue weighted by Crippen LogP contribution is -3.12. The van der Waals surface area contributed by atoms with Crippen LogP contribution in [-0.2, 0) is 0 Å². The highest BCUT2D eigenvalue weighted by Gasteiger charge is 2.20. The van der Waals surface area contributed by atoms with Crippen molar-refractivity contribution in [3.05, 3.63) is 27.7 Å². The highest BCUT2D eigenvalue weighted by atomic mass is 35.5. The minimum atomic E-state index is -0.212. The molecule has 0 radical (unpaired) electrons. The summed E-state index contributed by atoms with van der Waals surface area (Å²) in [5.74, 6) is 0.170. The first kappa shape index (κ1) is 15.4. The van der Waals surface area contributed by atoms with Crippen molar-refractivity contribution in [1.82, 2.24) is 10.4 Å². The van der Waals surface area contributed by atoms with E-state index in [4.69, 9.17) is 27.9 Å². The molecule has 7 heteroatoms. The molecule has 0 spiro atoms. The van der Waals surface area contributed by atoms with Gasteiger partial charge in [0.1, 0.15) is 0 Å².